The smallest absolute Gasteiger partial charge is 0.0312 e. The Bertz CT molecular complexity index is 189. The zero-order valence-corrected chi connectivity index (χ0v) is 7.17. The number of hydrogen-bond donors (Lipinski definition) is 2. The number of nitrogens with two attached hydrogens (primary N) is 1. The summed E-state index contributed by atoms with van der Waals surface area (Å²) in [5.41, 5.74) is 7.13. The first-order valence-electron chi connectivity index (χ1n) is 4.08. The largest absolute Gasteiger partial charge is 0.367 e. The highest BCUT2D eigenvalue weighted by Gasteiger charge is 2.07. The SMILES string of the molecule is CC(C)CC(N)c1cc[nH]c1. The van der Waals surface area contributed by atoms with Crippen LogP contribution in [0.2, 0.25) is 0 Å². The topological polar surface area (TPSA) is 41.8 Å². The Hall–Kier alpha value is -0.760. The minimum Gasteiger partial charge on any atom is -0.367 e. The predicted molar refractivity (Wildman–Crippen MR) is 47.2 cm³/mol. The summed E-state index contributed by atoms with van der Waals surface area (Å²) in [5, 5.41) is 0. The van der Waals surface area contributed by atoms with Crippen LogP contribution in [0.15, 0.2) is 18.5 Å². The summed E-state index contributed by atoms with van der Waals surface area (Å²) in [6.45, 7) is 4.37. The lowest BCUT2D eigenvalue weighted by atomic mass is 10.0. The van der Waals surface area contributed by atoms with Crippen molar-refractivity contribution in [1.29, 1.82) is 0 Å². The van der Waals surface area contributed by atoms with Gasteiger partial charge in [-0.1, -0.05) is 13.8 Å². The standard InChI is InChI=1S/C9H16N2/c1-7(2)5-9(10)8-3-4-11-6-8/h3-4,6-7,9,11H,5,10H2,1-2H3. The molecule has 3 N–H and O–H groups in total. The minimum atomic E-state index is 0.196. The van der Waals surface area contributed by atoms with Crippen LogP contribution in [0.3, 0.4) is 0 Å². The Balaban J connectivity index is 2.49. The lowest BCUT2D eigenvalue weighted by Gasteiger charge is -2.11. The van der Waals surface area contributed by atoms with Gasteiger partial charge in [-0.3, -0.25) is 0 Å². The van der Waals surface area contributed by atoms with Crippen molar-refractivity contribution in [1.82, 2.24) is 4.98 Å². The van der Waals surface area contributed by atoms with E-state index in [2.05, 4.69) is 18.8 Å². The fourth-order valence-corrected chi connectivity index (χ4v) is 1.21. The number of nitrogens with one attached hydrogen (secondary N) is 1. The zero-order valence-electron chi connectivity index (χ0n) is 7.17. The van der Waals surface area contributed by atoms with Crippen molar-refractivity contribution in [2.24, 2.45) is 11.7 Å². The summed E-state index contributed by atoms with van der Waals surface area (Å²) in [4.78, 5) is 3.00. The fraction of sp³-hybridized carbons (Fsp3) is 0.556. The maximum atomic E-state index is 5.92. The van der Waals surface area contributed by atoms with E-state index < -0.39 is 0 Å². The first kappa shape index (κ1) is 8.34. The normalized spacial score (nSPS) is 13.8. The number of H-pyrrole nitrogens is 1. The molecule has 1 aromatic rings. The van der Waals surface area contributed by atoms with Gasteiger partial charge in [0.25, 0.3) is 0 Å². The van der Waals surface area contributed by atoms with E-state index in [0.717, 1.165) is 6.42 Å². The van der Waals surface area contributed by atoms with Gasteiger partial charge in [0, 0.05) is 18.4 Å². The monoisotopic (exact) mass is 152 g/mol. The van der Waals surface area contributed by atoms with Gasteiger partial charge in [-0.2, -0.15) is 0 Å². The second-order valence-electron chi connectivity index (χ2n) is 3.38. The van der Waals surface area contributed by atoms with Gasteiger partial charge in [0.15, 0.2) is 0 Å². The van der Waals surface area contributed by atoms with Gasteiger partial charge in [0.1, 0.15) is 0 Å². The Morgan fingerprint density at radius 1 is 1.55 bits per heavy atom. The van der Waals surface area contributed by atoms with Crippen LogP contribution in [0, 0.1) is 5.92 Å². The van der Waals surface area contributed by atoms with Crippen LogP contribution in [0.4, 0.5) is 0 Å². The molecule has 0 bridgehead atoms. The van der Waals surface area contributed by atoms with Gasteiger partial charge >= 0.3 is 0 Å². The molecule has 1 rings (SSSR count). The van der Waals surface area contributed by atoms with Gasteiger partial charge in [-0.15, -0.1) is 0 Å². The molecule has 0 saturated carbocycles. The van der Waals surface area contributed by atoms with Crippen LogP contribution in [0.1, 0.15) is 31.9 Å². The summed E-state index contributed by atoms with van der Waals surface area (Å²) in [5.74, 6) is 0.667. The van der Waals surface area contributed by atoms with Crippen LogP contribution in [-0.4, -0.2) is 4.98 Å². The third-order valence-corrected chi connectivity index (χ3v) is 1.78. The molecule has 0 aliphatic heterocycles. The molecule has 1 unspecified atom stereocenters. The van der Waals surface area contributed by atoms with Crippen molar-refractivity contribution in [3.05, 3.63) is 24.0 Å². The second-order valence-corrected chi connectivity index (χ2v) is 3.38. The van der Waals surface area contributed by atoms with Gasteiger partial charge in [-0.05, 0) is 24.0 Å². The highest BCUT2D eigenvalue weighted by molar-refractivity contribution is 5.12. The van der Waals surface area contributed by atoms with E-state index in [1.807, 2.05) is 18.5 Å². The van der Waals surface area contributed by atoms with Crippen LogP contribution in [-0.2, 0) is 0 Å². The summed E-state index contributed by atoms with van der Waals surface area (Å²) >= 11 is 0. The molecule has 0 aliphatic rings. The van der Waals surface area contributed by atoms with Crippen molar-refractivity contribution >= 4 is 0 Å². The van der Waals surface area contributed by atoms with Crippen LogP contribution in [0.5, 0.6) is 0 Å². The van der Waals surface area contributed by atoms with E-state index in [0.29, 0.717) is 5.92 Å². The minimum absolute atomic E-state index is 0.196. The first-order chi connectivity index (χ1) is 5.20. The predicted octanol–water partition coefficient (Wildman–Crippen LogP) is 2.06. The fourth-order valence-electron chi connectivity index (χ4n) is 1.21. The molecule has 62 valence electrons. The molecular formula is C9H16N2. The van der Waals surface area contributed by atoms with Gasteiger partial charge in [0.2, 0.25) is 0 Å². The van der Waals surface area contributed by atoms with Gasteiger partial charge < -0.3 is 10.7 Å². The molecule has 1 aromatic heterocycles. The quantitative estimate of drug-likeness (QED) is 0.684. The average Bonchev–Trinajstić information content (AvgIpc) is 2.35. The Morgan fingerprint density at radius 3 is 2.73 bits per heavy atom. The molecular weight excluding hydrogens is 136 g/mol. The molecule has 0 fully saturated rings. The zero-order chi connectivity index (χ0) is 8.27. The van der Waals surface area contributed by atoms with Crippen molar-refractivity contribution in [2.45, 2.75) is 26.3 Å². The van der Waals surface area contributed by atoms with Crippen LogP contribution >= 0.6 is 0 Å². The van der Waals surface area contributed by atoms with E-state index in [-0.39, 0.29) is 6.04 Å². The third kappa shape index (κ3) is 2.39. The number of aromatic amines is 1. The Kier molecular flexibility index (Phi) is 2.71. The number of aromatic nitrogens is 1. The van der Waals surface area contributed by atoms with Crippen molar-refractivity contribution in [2.75, 3.05) is 0 Å². The maximum absolute atomic E-state index is 5.92. The van der Waals surface area contributed by atoms with E-state index in [1.54, 1.807) is 0 Å². The van der Waals surface area contributed by atoms with Gasteiger partial charge in [0.05, 0.1) is 0 Å². The summed E-state index contributed by atoms with van der Waals surface area (Å²) in [6.07, 6.45) is 4.93. The third-order valence-electron chi connectivity index (χ3n) is 1.78. The molecule has 1 atom stereocenters. The van der Waals surface area contributed by atoms with E-state index in [4.69, 9.17) is 5.73 Å². The summed E-state index contributed by atoms with van der Waals surface area (Å²) < 4.78 is 0. The molecule has 0 saturated heterocycles. The molecule has 2 nitrogen and oxygen atoms in total. The van der Waals surface area contributed by atoms with E-state index >= 15 is 0 Å². The lowest BCUT2D eigenvalue weighted by Crippen LogP contribution is -2.11. The lowest BCUT2D eigenvalue weighted by molar-refractivity contribution is 0.510. The van der Waals surface area contributed by atoms with E-state index in [9.17, 15) is 0 Å². The van der Waals surface area contributed by atoms with Crippen molar-refractivity contribution in [3.8, 4) is 0 Å². The highest BCUT2D eigenvalue weighted by atomic mass is 14.7. The molecule has 0 amide bonds. The molecule has 0 aromatic carbocycles. The molecule has 11 heavy (non-hydrogen) atoms. The Morgan fingerprint density at radius 2 is 2.27 bits per heavy atom. The van der Waals surface area contributed by atoms with Crippen molar-refractivity contribution < 1.29 is 0 Å². The highest BCUT2D eigenvalue weighted by Crippen LogP contribution is 2.17. The molecule has 0 aliphatic carbocycles. The summed E-state index contributed by atoms with van der Waals surface area (Å²) in [6, 6.07) is 2.23. The number of hydrogen-bond acceptors (Lipinski definition) is 1. The van der Waals surface area contributed by atoms with E-state index in [1.165, 1.54) is 5.56 Å². The van der Waals surface area contributed by atoms with Crippen LogP contribution < -0.4 is 5.73 Å². The summed E-state index contributed by atoms with van der Waals surface area (Å²) in [7, 11) is 0. The number of rotatable bonds is 3. The maximum Gasteiger partial charge on any atom is 0.0312 e. The molecule has 0 radical (unpaired) electrons. The molecule has 0 spiro atoms. The second kappa shape index (κ2) is 3.58. The average molecular weight is 152 g/mol. The molecule has 1 heterocycles. The van der Waals surface area contributed by atoms with Crippen LogP contribution in [0.25, 0.3) is 0 Å². The van der Waals surface area contributed by atoms with Gasteiger partial charge in [-0.25, -0.2) is 0 Å². The first-order valence-corrected chi connectivity index (χ1v) is 4.08. The molecule has 2 heteroatoms. The van der Waals surface area contributed by atoms with Crippen molar-refractivity contribution in [3.63, 3.8) is 0 Å². The Labute approximate surface area is 67.8 Å².